The summed E-state index contributed by atoms with van der Waals surface area (Å²) in [6.07, 6.45) is -4.45. The maximum absolute atomic E-state index is 12.8. The van der Waals surface area contributed by atoms with E-state index >= 15 is 0 Å². The summed E-state index contributed by atoms with van der Waals surface area (Å²) in [5, 5.41) is 4.06. The van der Waals surface area contributed by atoms with Gasteiger partial charge in [0.05, 0.1) is 15.8 Å². The number of fused-ring (bicyclic) bond motifs is 1. The molecule has 0 unspecified atom stereocenters. The number of halogens is 4. The van der Waals surface area contributed by atoms with Gasteiger partial charge in [0.1, 0.15) is 0 Å². The lowest BCUT2D eigenvalue weighted by Crippen LogP contribution is -2.50. The van der Waals surface area contributed by atoms with E-state index in [1.807, 2.05) is 12.1 Å². The van der Waals surface area contributed by atoms with Crippen molar-refractivity contribution in [2.75, 3.05) is 36.4 Å². The molecule has 4 rings (SSSR count). The molecule has 1 fully saturated rings. The fraction of sp³-hybridized carbons (Fsp3) is 0.263. The van der Waals surface area contributed by atoms with E-state index in [0.29, 0.717) is 31.2 Å². The van der Waals surface area contributed by atoms with Crippen molar-refractivity contribution in [2.24, 2.45) is 0 Å². The number of amides is 2. The molecule has 29 heavy (non-hydrogen) atoms. The zero-order chi connectivity index (χ0) is 20.6. The Labute approximate surface area is 173 Å². The Morgan fingerprint density at radius 3 is 2.59 bits per heavy atom. The number of nitrogens with zero attached hydrogens (tertiary/aromatic N) is 3. The molecule has 3 aromatic rings. The first-order valence-electron chi connectivity index (χ1n) is 8.84. The molecule has 10 heteroatoms. The van der Waals surface area contributed by atoms with Gasteiger partial charge in [-0.3, -0.25) is 0 Å². The maximum atomic E-state index is 12.8. The summed E-state index contributed by atoms with van der Waals surface area (Å²) in [4.78, 5) is 20.7. The van der Waals surface area contributed by atoms with E-state index in [9.17, 15) is 18.0 Å². The number of hydrogen-bond donors (Lipinski definition) is 1. The van der Waals surface area contributed by atoms with Gasteiger partial charge in [-0.1, -0.05) is 29.0 Å². The summed E-state index contributed by atoms with van der Waals surface area (Å²) < 4.78 is 39.5. The fourth-order valence-corrected chi connectivity index (χ4v) is 4.39. The van der Waals surface area contributed by atoms with E-state index in [-0.39, 0.29) is 5.69 Å². The molecule has 2 heterocycles. The highest BCUT2D eigenvalue weighted by atomic mass is 35.5. The van der Waals surface area contributed by atoms with Crippen molar-refractivity contribution in [3.8, 4) is 0 Å². The molecule has 0 spiro atoms. The predicted molar refractivity (Wildman–Crippen MR) is 109 cm³/mol. The summed E-state index contributed by atoms with van der Waals surface area (Å²) >= 11 is 7.56. The summed E-state index contributed by atoms with van der Waals surface area (Å²) in [6.45, 7) is 2.07. The number of carbonyl (C=O) groups is 1. The number of alkyl halides is 3. The lowest BCUT2D eigenvalue weighted by atomic mass is 10.2. The van der Waals surface area contributed by atoms with Gasteiger partial charge >= 0.3 is 12.2 Å². The van der Waals surface area contributed by atoms with Gasteiger partial charge in [-0.2, -0.15) is 13.2 Å². The minimum absolute atomic E-state index is 0.121. The molecule has 0 saturated carbocycles. The number of nitrogens with one attached hydrogen (secondary N) is 1. The van der Waals surface area contributed by atoms with Crippen LogP contribution in [0.2, 0.25) is 5.02 Å². The quantitative estimate of drug-likeness (QED) is 0.586. The lowest BCUT2D eigenvalue weighted by Gasteiger charge is -2.34. The van der Waals surface area contributed by atoms with Gasteiger partial charge in [-0.05, 0) is 36.4 Å². The topological polar surface area (TPSA) is 48.5 Å². The van der Waals surface area contributed by atoms with Gasteiger partial charge in [0.15, 0.2) is 5.13 Å². The van der Waals surface area contributed by atoms with E-state index < -0.39 is 17.8 Å². The summed E-state index contributed by atoms with van der Waals surface area (Å²) in [5.41, 5.74) is 0.200. The second-order valence-corrected chi connectivity index (χ2v) is 8.04. The first kappa shape index (κ1) is 19.8. The third-order valence-electron chi connectivity index (χ3n) is 4.62. The molecule has 1 aromatic heterocycles. The van der Waals surface area contributed by atoms with Crippen LogP contribution in [0.5, 0.6) is 0 Å². The zero-order valence-corrected chi connectivity index (χ0v) is 16.6. The van der Waals surface area contributed by atoms with Gasteiger partial charge < -0.3 is 15.1 Å². The number of hydrogen-bond acceptors (Lipinski definition) is 4. The van der Waals surface area contributed by atoms with Crippen molar-refractivity contribution in [3.63, 3.8) is 0 Å². The third kappa shape index (κ3) is 4.40. The summed E-state index contributed by atoms with van der Waals surface area (Å²) in [6, 6.07) is 9.74. The fourth-order valence-electron chi connectivity index (χ4n) is 3.10. The molecule has 5 nitrogen and oxygen atoms in total. The summed E-state index contributed by atoms with van der Waals surface area (Å²) in [7, 11) is 0. The average molecular weight is 441 g/mol. The lowest BCUT2D eigenvalue weighted by molar-refractivity contribution is -0.137. The SMILES string of the molecule is O=C(Nc1cccc(C(F)(F)F)c1)N1CCN(c2nc3ccc(Cl)cc3s2)CC1. The molecule has 2 aromatic carbocycles. The van der Waals surface area contributed by atoms with Crippen molar-refractivity contribution >= 4 is 50.0 Å². The van der Waals surface area contributed by atoms with Gasteiger partial charge in [-0.15, -0.1) is 0 Å². The minimum Gasteiger partial charge on any atom is -0.345 e. The van der Waals surface area contributed by atoms with Crippen molar-refractivity contribution in [2.45, 2.75) is 6.18 Å². The van der Waals surface area contributed by atoms with Crippen LogP contribution in [0.3, 0.4) is 0 Å². The third-order valence-corrected chi connectivity index (χ3v) is 5.93. The number of rotatable bonds is 2. The van der Waals surface area contributed by atoms with Crippen molar-refractivity contribution in [1.29, 1.82) is 0 Å². The van der Waals surface area contributed by atoms with Crippen LogP contribution in [0.1, 0.15) is 5.56 Å². The average Bonchev–Trinajstić information content (AvgIpc) is 3.11. The van der Waals surface area contributed by atoms with Crippen LogP contribution in [0.15, 0.2) is 42.5 Å². The Morgan fingerprint density at radius 1 is 1.10 bits per heavy atom. The Balaban J connectivity index is 1.38. The van der Waals surface area contributed by atoms with Gasteiger partial charge in [0, 0.05) is 36.9 Å². The standard InChI is InChI=1S/C19H16ClF3N4OS/c20-13-4-5-15-16(11-13)29-18(25-15)27-8-6-26(7-9-27)17(28)24-14-3-1-2-12(10-14)19(21,22)23/h1-5,10-11H,6-9H2,(H,24,28). The highest BCUT2D eigenvalue weighted by Gasteiger charge is 2.31. The number of carbonyl (C=O) groups excluding carboxylic acids is 1. The molecule has 1 aliphatic heterocycles. The highest BCUT2D eigenvalue weighted by Crippen LogP contribution is 2.32. The van der Waals surface area contributed by atoms with Crippen LogP contribution in [-0.2, 0) is 6.18 Å². The summed E-state index contributed by atoms with van der Waals surface area (Å²) in [5.74, 6) is 0. The molecular formula is C19H16ClF3N4OS. The van der Waals surface area contributed by atoms with E-state index in [1.54, 1.807) is 11.0 Å². The predicted octanol–water partition coefficient (Wildman–Crippen LogP) is 5.32. The monoisotopic (exact) mass is 440 g/mol. The van der Waals surface area contributed by atoms with Crippen molar-refractivity contribution in [1.82, 2.24) is 9.88 Å². The molecule has 0 aliphatic carbocycles. The number of benzene rings is 2. The van der Waals surface area contributed by atoms with Crippen LogP contribution in [-0.4, -0.2) is 42.1 Å². The smallest absolute Gasteiger partial charge is 0.345 e. The number of urea groups is 1. The molecule has 1 saturated heterocycles. The Hall–Kier alpha value is -2.52. The van der Waals surface area contributed by atoms with Gasteiger partial charge in [-0.25, -0.2) is 9.78 Å². The second-order valence-electron chi connectivity index (χ2n) is 6.59. The largest absolute Gasteiger partial charge is 0.416 e. The van der Waals surface area contributed by atoms with E-state index in [1.165, 1.54) is 23.5 Å². The highest BCUT2D eigenvalue weighted by molar-refractivity contribution is 7.22. The molecule has 2 amide bonds. The first-order chi connectivity index (χ1) is 13.8. The normalized spacial score (nSPS) is 15.0. The van der Waals surface area contributed by atoms with Gasteiger partial charge in [0.2, 0.25) is 0 Å². The molecule has 1 aliphatic rings. The molecule has 0 radical (unpaired) electrons. The van der Waals surface area contributed by atoms with Crippen LogP contribution >= 0.6 is 22.9 Å². The van der Waals surface area contributed by atoms with Gasteiger partial charge in [0.25, 0.3) is 0 Å². The van der Waals surface area contributed by atoms with E-state index in [2.05, 4.69) is 15.2 Å². The number of thiazole rings is 1. The molecule has 152 valence electrons. The van der Waals surface area contributed by atoms with Crippen LogP contribution in [0.25, 0.3) is 10.2 Å². The molecule has 0 bridgehead atoms. The van der Waals surface area contributed by atoms with E-state index in [4.69, 9.17) is 11.6 Å². The van der Waals surface area contributed by atoms with Crippen molar-refractivity contribution < 1.29 is 18.0 Å². The van der Waals surface area contributed by atoms with Crippen LogP contribution in [0.4, 0.5) is 28.8 Å². The Morgan fingerprint density at radius 2 is 1.86 bits per heavy atom. The molecule has 0 atom stereocenters. The minimum atomic E-state index is -4.45. The zero-order valence-electron chi connectivity index (χ0n) is 15.0. The first-order valence-corrected chi connectivity index (χ1v) is 10.0. The second kappa shape index (κ2) is 7.72. The number of aromatic nitrogens is 1. The molecule has 1 N–H and O–H groups in total. The Kier molecular flexibility index (Phi) is 5.26. The van der Waals surface area contributed by atoms with Crippen LogP contribution < -0.4 is 10.2 Å². The van der Waals surface area contributed by atoms with Crippen LogP contribution in [0, 0.1) is 0 Å². The Bertz CT molecular complexity index is 1050. The van der Waals surface area contributed by atoms with E-state index in [0.717, 1.165) is 27.5 Å². The maximum Gasteiger partial charge on any atom is 0.416 e. The number of piperazine rings is 1. The van der Waals surface area contributed by atoms with Crippen molar-refractivity contribution in [3.05, 3.63) is 53.1 Å². The number of anilines is 2. The molecular weight excluding hydrogens is 425 g/mol.